The van der Waals surface area contributed by atoms with Crippen LogP contribution in [0.25, 0.3) is 94.7 Å². The van der Waals surface area contributed by atoms with Gasteiger partial charge in [0.2, 0.25) is 0 Å². The predicted molar refractivity (Wildman–Crippen MR) is 203 cm³/mol. The van der Waals surface area contributed by atoms with Crippen LogP contribution in [0.5, 0.6) is 0 Å². The first kappa shape index (κ1) is 28.2. The maximum atomic E-state index is 6.62. The van der Waals surface area contributed by atoms with Gasteiger partial charge in [0.15, 0.2) is 17.5 Å². The number of hydrogen-bond acceptors (Lipinski definition) is 4. The average molecular weight is 641 g/mol. The topological polar surface area (TPSA) is 56.7 Å². The Bertz CT molecular complexity index is 2800. The zero-order valence-electron chi connectivity index (χ0n) is 26.9. The van der Waals surface area contributed by atoms with Gasteiger partial charge in [-0.05, 0) is 47.5 Å². The van der Waals surface area contributed by atoms with Gasteiger partial charge in [0.1, 0.15) is 11.2 Å². The zero-order chi connectivity index (χ0) is 33.0. The molecular formula is C45H28N4O. The van der Waals surface area contributed by atoms with Crippen molar-refractivity contribution in [1.29, 1.82) is 0 Å². The lowest BCUT2D eigenvalue weighted by Crippen LogP contribution is -2.00. The van der Waals surface area contributed by atoms with Crippen LogP contribution < -0.4 is 0 Å². The van der Waals surface area contributed by atoms with E-state index >= 15 is 0 Å². The summed E-state index contributed by atoms with van der Waals surface area (Å²) >= 11 is 0. The van der Waals surface area contributed by atoms with Crippen LogP contribution in [0.1, 0.15) is 0 Å². The smallest absolute Gasteiger partial charge is 0.164 e. The molecule has 50 heavy (non-hydrogen) atoms. The molecule has 0 amide bonds. The molecule has 3 aromatic heterocycles. The lowest BCUT2D eigenvalue weighted by atomic mass is 10.0. The van der Waals surface area contributed by atoms with Crippen LogP contribution in [0, 0.1) is 0 Å². The normalized spacial score (nSPS) is 11.6. The third-order valence-corrected chi connectivity index (χ3v) is 9.45. The first-order valence-electron chi connectivity index (χ1n) is 16.7. The minimum atomic E-state index is 0.597. The molecule has 5 nitrogen and oxygen atoms in total. The van der Waals surface area contributed by atoms with Gasteiger partial charge in [-0.25, -0.2) is 15.0 Å². The van der Waals surface area contributed by atoms with Crippen LogP contribution in [-0.2, 0) is 0 Å². The molecule has 0 aliphatic carbocycles. The van der Waals surface area contributed by atoms with Crippen LogP contribution >= 0.6 is 0 Å². The fourth-order valence-electron chi connectivity index (χ4n) is 7.04. The van der Waals surface area contributed by atoms with E-state index in [2.05, 4.69) is 108 Å². The summed E-state index contributed by atoms with van der Waals surface area (Å²) in [5.74, 6) is 1.86. The van der Waals surface area contributed by atoms with Crippen LogP contribution in [0.4, 0.5) is 0 Å². The summed E-state index contributed by atoms with van der Waals surface area (Å²) in [5, 5.41) is 4.55. The first-order valence-corrected chi connectivity index (χ1v) is 16.7. The highest BCUT2D eigenvalue weighted by molar-refractivity contribution is 6.11. The summed E-state index contributed by atoms with van der Waals surface area (Å²) in [6.07, 6.45) is 0. The molecule has 0 N–H and O–H groups in total. The second-order valence-corrected chi connectivity index (χ2v) is 12.5. The summed E-state index contributed by atoms with van der Waals surface area (Å²) in [7, 11) is 0. The SMILES string of the molecule is c1ccc(-c2ccc3c4ccccc4n(-c4ccc5c(c4)oc4cc(-c6nc(-c7ccccc7)nc(-c7ccccc7)n6)ccc45)c3c2)cc1. The van der Waals surface area contributed by atoms with Crippen molar-refractivity contribution < 1.29 is 4.42 Å². The van der Waals surface area contributed by atoms with Crippen molar-refractivity contribution in [3.63, 3.8) is 0 Å². The number of aromatic nitrogens is 4. The molecule has 0 aliphatic rings. The van der Waals surface area contributed by atoms with Crippen LogP contribution in [0.2, 0.25) is 0 Å². The maximum Gasteiger partial charge on any atom is 0.164 e. The van der Waals surface area contributed by atoms with Crippen molar-refractivity contribution >= 4 is 43.7 Å². The van der Waals surface area contributed by atoms with E-state index in [0.717, 1.165) is 55.3 Å². The third-order valence-electron chi connectivity index (χ3n) is 9.45. The summed E-state index contributed by atoms with van der Waals surface area (Å²) in [6, 6.07) is 58.7. The Morgan fingerprint density at radius 3 is 1.52 bits per heavy atom. The van der Waals surface area contributed by atoms with Gasteiger partial charge in [0, 0.05) is 50.0 Å². The first-order chi connectivity index (χ1) is 24.8. The second kappa shape index (κ2) is 11.4. The minimum Gasteiger partial charge on any atom is -0.456 e. The fraction of sp³-hybridized carbons (Fsp3) is 0. The molecule has 10 aromatic rings. The molecule has 7 aromatic carbocycles. The molecule has 0 fully saturated rings. The van der Waals surface area contributed by atoms with Gasteiger partial charge < -0.3 is 8.98 Å². The van der Waals surface area contributed by atoms with Gasteiger partial charge in [0.25, 0.3) is 0 Å². The van der Waals surface area contributed by atoms with E-state index < -0.39 is 0 Å². The number of hydrogen-bond donors (Lipinski definition) is 0. The molecule has 5 heteroatoms. The summed E-state index contributed by atoms with van der Waals surface area (Å²) < 4.78 is 8.96. The Balaban J connectivity index is 1.12. The summed E-state index contributed by atoms with van der Waals surface area (Å²) in [4.78, 5) is 14.7. The molecule has 0 unspecified atom stereocenters. The van der Waals surface area contributed by atoms with Crippen molar-refractivity contribution in [3.05, 3.63) is 170 Å². The van der Waals surface area contributed by atoms with Crippen LogP contribution in [-0.4, -0.2) is 19.5 Å². The molecule has 0 spiro atoms. The molecule has 10 rings (SSSR count). The van der Waals surface area contributed by atoms with E-state index in [1.54, 1.807) is 0 Å². The number of nitrogens with zero attached hydrogens (tertiary/aromatic N) is 4. The van der Waals surface area contributed by atoms with E-state index in [1.807, 2.05) is 66.7 Å². The molecule has 0 saturated heterocycles. The Morgan fingerprint density at radius 2 is 0.840 bits per heavy atom. The van der Waals surface area contributed by atoms with E-state index in [1.165, 1.54) is 21.9 Å². The summed E-state index contributed by atoms with van der Waals surface area (Å²) in [6.45, 7) is 0. The van der Waals surface area contributed by atoms with Gasteiger partial charge in [0.05, 0.1) is 11.0 Å². The zero-order valence-corrected chi connectivity index (χ0v) is 26.9. The van der Waals surface area contributed by atoms with E-state index in [4.69, 9.17) is 19.4 Å². The highest BCUT2D eigenvalue weighted by Gasteiger charge is 2.17. The Morgan fingerprint density at radius 1 is 0.340 bits per heavy atom. The fourth-order valence-corrected chi connectivity index (χ4v) is 7.04. The van der Waals surface area contributed by atoms with E-state index in [-0.39, 0.29) is 0 Å². The molecule has 0 radical (unpaired) electrons. The number of benzene rings is 7. The lowest BCUT2D eigenvalue weighted by molar-refractivity contribution is 0.668. The van der Waals surface area contributed by atoms with Crippen molar-refractivity contribution in [1.82, 2.24) is 19.5 Å². The van der Waals surface area contributed by atoms with Crippen molar-refractivity contribution in [3.8, 4) is 51.0 Å². The third kappa shape index (κ3) is 4.67. The standard InChI is InChI=1S/C45H28N4O/c1-4-12-29(13-5-1)32-20-23-36-35-18-10-11-19-39(35)49(40(36)26-32)34-22-25-38-37-24-21-33(27-41(37)50-42(38)28-34)45-47-43(30-14-6-2-7-15-30)46-44(48-45)31-16-8-3-9-17-31/h1-28H. The quantitative estimate of drug-likeness (QED) is 0.188. The molecule has 234 valence electrons. The van der Waals surface area contributed by atoms with E-state index in [9.17, 15) is 0 Å². The Labute approximate surface area is 287 Å². The molecule has 0 aliphatic heterocycles. The largest absolute Gasteiger partial charge is 0.456 e. The molecule has 0 bridgehead atoms. The minimum absolute atomic E-state index is 0.597. The van der Waals surface area contributed by atoms with Crippen molar-refractivity contribution in [2.24, 2.45) is 0 Å². The number of rotatable bonds is 5. The van der Waals surface area contributed by atoms with Gasteiger partial charge in [-0.3, -0.25) is 0 Å². The molecule has 3 heterocycles. The van der Waals surface area contributed by atoms with Crippen LogP contribution in [0.15, 0.2) is 174 Å². The summed E-state index contributed by atoms with van der Waals surface area (Å²) in [5.41, 5.74) is 10.1. The Kier molecular flexibility index (Phi) is 6.42. The molecule has 0 atom stereocenters. The maximum absolute atomic E-state index is 6.62. The van der Waals surface area contributed by atoms with E-state index in [0.29, 0.717) is 17.5 Å². The van der Waals surface area contributed by atoms with Gasteiger partial charge in [-0.2, -0.15) is 0 Å². The number of furan rings is 1. The second-order valence-electron chi connectivity index (χ2n) is 12.5. The van der Waals surface area contributed by atoms with Gasteiger partial charge in [-0.15, -0.1) is 0 Å². The predicted octanol–water partition coefficient (Wildman–Crippen LogP) is 11.5. The van der Waals surface area contributed by atoms with Crippen molar-refractivity contribution in [2.45, 2.75) is 0 Å². The van der Waals surface area contributed by atoms with Gasteiger partial charge >= 0.3 is 0 Å². The highest BCUT2D eigenvalue weighted by atomic mass is 16.3. The van der Waals surface area contributed by atoms with Gasteiger partial charge in [-0.1, -0.05) is 127 Å². The van der Waals surface area contributed by atoms with Crippen LogP contribution in [0.3, 0.4) is 0 Å². The average Bonchev–Trinajstić information content (AvgIpc) is 3.73. The number of para-hydroxylation sites is 1. The molecule has 0 saturated carbocycles. The molecular weight excluding hydrogens is 613 g/mol. The number of fused-ring (bicyclic) bond motifs is 6. The lowest BCUT2D eigenvalue weighted by Gasteiger charge is -2.09. The Hall–Kier alpha value is -6.85. The highest BCUT2D eigenvalue weighted by Crippen LogP contribution is 2.38. The van der Waals surface area contributed by atoms with Crippen molar-refractivity contribution in [2.75, 3.05) is 0 Å². The monoisotopic (exact) mass is 640 g/mol.